The fraction of sp³-hybridized carbons (Fsp3) is 0.273. The van der Waals surface area contributed by atoms with Gasteiger partial charge in [-0.25, -0.2) is 0 Å². The third-order valence-electron chi connectivity index (χ3n) is 2.34. The van der Waals surface area contributed by atoms with Crippen molar-refractivity contribution in [2.24, 2.45) is 5.92 Å². The molecule has 0 spiro atoms. The molecule has 0 N–H and O–H groups in total. The van der Waals surface area contributed by atoms with Crippen molar-refractivity contribution in [1.82, 2.24) is 0 Å². The maximum Gasteiger partial charge on any atom is 0.0815 e. The van der Waals surface area contributed by atoms with Crippen molar-refractivity contribution in [3.05, 3.63) is 41.5 Å². The van der Waals surface area contributed by atoms with Gasteiger partial charge >= 0.3 is 0 Å². The number of hydrogen-bond donors (Lipinski definition) is 0. The smallest absolute Gasteiger partial charge is 0.0815 e. The van der Waals surface area contributed by atoms with Crippen molar-refractivity contribution in [3.8, 4) is 0 Å². The summed E-state index contributed by atoms with van der Waals surface area (Å²) in [4.78, 5) is 0.773. The summed E-state index contributed by atoms with van der Waals surface area (Å²) in [5.74, 6) is 0.452. The molecule has 2 rings (SSSR count). The van der Waals surface area contributed by atoms with Gasteiger partial charge in [-0.05, 0) is 23.5 Å². The lowest BCUT2D eigenvalue weighted by atomic mass is 9.91. The first-order valence-corrected chi connectivity index (χ1v) is 5.11. The largest absolute Gasteiger partial charge is 0.160 e. The van der Waals surface area contributed by atoms with Crippen LogP contribution in [-0.2, 0) is 6.42 Å². The lowest BCUT2D eigenvalue weighted by Crippen LogP contribution is -2.05. The molecule has 0 aromatic heterocycles. The van der Waals surface area contributed by atoms with Crippen molar-refractivity contribution in [1.29, 1.82) is 0 Å². The Balaban J connectivity index is 2.49. The van der Waals surface area contributed by atoms with E-state index in [4.69, 9.17) is 0 Å². The number of fused-ring (bicyclic) bond motifs is 1. The molecule has 0 heterocycles. The third kappa shape index (κ3) is 1.63. The molecule has 0 amide bonds. The second-order valence-corrected chi connectivity index (χ2v) is 4.04. The van der Waals surface area contributed by atoms with E-state index in [1.165, 1.54) is 5.56 Å². The van der Waals surface area contributed by atoms with Gasteiger partial charge in [-0.3, -0.25) is 0 Å². The molecule has 13 heavy (non-hydrogen) atoms. The van der Waals surface area contributed by atoms with Crippen LogP contribution in [0, 0.1) is 5.92 Å². The van der Waals surface area contributed by atoms with Crippen LogP contribution < -0.4 is 0 Å². The molecule has 0 fully saturated rings. The van der Waals surface area contributed by atoms with Crippen molar-refractivity contribution < 1.29 is 3.89 Å². The normalized spacial score (nSPS) is 20.8. The Morgan fingerprint density at radius 1 is 1.38 bits per heavy atom. The topological polar surface area (TPSA) is 0 Å². The molecule has 1 atom stereocenters. The van der Waals surface area contributed by atoms with Gasteiger partial charge in [0.15, 0.2) is 0 Å². The summed E-state index contributed by atoms with van der Waals surface area (Å²) >= 11 is 0.353. The number of halogens is 1. The Morgan fingerprint density at radius 3 is 2.92 bits per heavy atom. The fourth-order valence-electron chi connectivity index (χ4n) is 1.76. The number of hydrogen-bond acceptors (Lipinski definition) is 1. The summed E-state index contributed by atoms with van der Waals surface area (Å²) < 4.78 is 12.6. The first-order valence-electron chi connectivity index (χ1n) is 4.40. The highest BCUT2D eigenvalue weighted by Crippen LogP contribution is 2.36. The number of benzene rings is 1. The third-order valence-corrected chi connectivity index (χ3v) is 2.87. The predicted octanol–water partition coefficient (Wildman–Crippen LogP) is 3.84. The van der Waals surface area contributed by atoms with E-state index in [0.717, 1.165) is 16.9 Å². The quantitative estimate of drug-likeness (QED) is 0.654. The SMILES string of the molecule is CC1C=C(SF)c2ccccc2C1. The first kappa shape index (κ1) is 8.82. The molecule has 1 aliphatic rings. The van der Waals surface area contributed by atoms with Crippen molar-refractivity contribution in [2.45, 2.75) is 13.3 Å². The second kappa shape index (κ2) is 3.54. The van der Waals surface area contributed by atoms with Gasteiger partial charge in [-0.1, -0.05) is 37.3 Å². The maximum atomic E-state index is 12.6. The van der Waals surface area contributed by atoms with Crippen LogP contribution in [0.2, 0.25) is 0 Å². The Labute approximate surface area is 82.1 Å². The van der Waals surface area contributed by atoms with Gasteiger partial charge in [0.05, 0.1) is 12.1 Å². The highest BCUT2D eigenvalue weighted by molar-refractivity contribution is 8.03. The summed E-state index contributed by atoms with van der Waals surface area (Å²) in [7, 11) is 0. The average Bonchev–Trinajstić information content (AvgIpc) is 2.16. The molecule has 2 heteroatoms. The second-order valence-electron chi connectivity index (χ2n) is 3.45. The van der Waals surface area contributed by atoms with Gasteiger partial charge < -0.3 is 0 Å². The zero-order valence-corrected chi connectivity index (χ0v) is 8.27. The minimum Gasteiger partial charge on any atom is -0.160 e. The Hall–Kier alpha value is -0.760. The standard InChI is InChI=1S/C11H11FS/c1-8-6-9-4-2-3-5-10(9)11(7-8)13-12/h2-5,7-8H,6H2,1H3. The van der Waals surface area contributed by atoms with Crippen molar-refractivity contribution in [3.63, 3.8) is 0 Å². The van der Waals surface area contributed by atoms with Crippen LogP contribution in [0.25, 0.3) is 4.91 Å². The molecule has 1 unspecified atom stereocenters. The molecule has 1 aromatic rings. The van der Waals surface area contributed by atoms with Gasteiger partial charge in [0.2, 0.25) is 0 Å². The Morgan fingerprint density at radius 2 is 2.15 bits per heavy atom. The van der Waals surface area contributed by atoms with Crippen LogP contribution in [0.5, 0.6) is 0 Å². The number of allylic oxidation sites excluding steroid dienone is 1. The minimum absolute atomic E-state index is 0.353. The highest BCUT2D eigenvalue weighted by Gasteiger charge is 2.16. The van der Waals surface area contributed by atoms with Gasteiger partial charge in [0, 0.05) is 4.91 Å². The van der Waals surface area contributed by atoms with Gasteiger partial charge in [-0.15, -0.1) is 0 Å². The molecular weight excluding hydrogens is 183 g/mol. The van der Waals surface area contributed by atoms with E-state index in [1.807, 2.05) is 24.3 Å². The van der Waals surface area contributed by atoms with E-state index in [2.05, 4.69) is 13.0 Å². The summed E-state index contributed by atoms with van der Waals surface area (Å²) in [6.07, 6.45) is 3.03. The van der Waals surface area contributed by atoms with Gasteiger partial charge in [0.25, 0.3) is 0 Å². The molecule has 0 saturated heterocycles. The lowest BCUT2D eigenvalue weighted by molar-refractivity contribution is 0.715. The molecular formula is C11H11FS. The zero-order valence-electron chi connectivity index (χ0n) is 7.46. The maximum absolute atomic E-state index is 12.6. The van der Waals surface area contributed by atoms with E-state index in [9.17, 15) is 3.89 Å². The van der Waals surface area contributed by atoms with Crippen LogP contribution in [0.15, 0.2) is 30.3 Å². The molecule has 0 radical (unpaired) electrons. The molecule has 0 bridgehead atoms. The summed E-state index contributed by atoms with van der Waals surface area (Å²) in [5.41, 5.74) is 2.32. The highest BCUT2D eigenvalue weighted by atomic mass is 32.2. The lowest BCUT2D eigenvalue weighted by Gasteiger charge is -2.18. The van der Waals surface area contributed by atoms with E-state index in [1.54, 1.807) is 0 Å². The molecule has 1 aliphatic carbocycles. The van der Waals surface area contributed by atoms with Gasteiger partial charge in [-0.2, -0.15) is 3.89 Å². The summed E-state index contributed by atoms with van der Waals surface area (Å²) in [5, 5.41) is 0. The first-order chi connectivity index (χ1) is 6.31. The van der Waals surface area contributed by atoms with Crippen LogP contribution in [0.3, 0.4) is 0 Å². The molecule has 0 aliphatic heterocycles. The number of rotatable bonds is 1. The van der Waals surface area contributed by atoms with E-state index < -0.39 is 0 Å². The van der Waals surface area contributed by atoms with E-state index >= 15 is 0 Å². The summed E-state index contributed by atoms with van der Waals surface area (Å²) in [6.45, 7) is 2.12. The monoisotopic (exact) mass is 194 g/mol. The Kier molecular flexibility index (Phi) is 2.40. The van der Waals surface area contributed by atoms with Crippen LogP contribution in [0.4, 0.5) is 3.89 Å². The Bertz CT molecular complexity index is 344. The van der Waals surface area contributed by atoms with Crippen molar-refractivity contribution in [2.75, 3.05) is 0 Å². The zero-order chi connectivity index (χ0) is 9.26. The summed E-state index contributed by atoms with van der Waals surface area (Å²) in [6, 6.07) is 8.03. The molecule has 68 valence electrons. The van der Waals surface area contributed by atoms with Crippen LogP contribution in [0.1, 0.15) is 18.1 Å². The molecule has 0 saturated carbocycles. The fourth-order valence-corrected chi connectivity index (χ4v) is 2.33. The van der Waals surface area contributed by atoms with Crippen molar-refractivity contribution >= 4 is 17.1 Å². The molecule has 1 aromatic carbocycles. The van der Waals surface area contributed by atoms with E-state index in [0.29, 0.717) is 18.1 Å². The molecule has 0 nitrogen and oxygen atoms in total. The van der Waals surface area contributed by atoms with E-state index in [-0.39, 0.29) is 0 Å². The predicted molar refractivity (Wildman–Crippen MR) is 56.0 cm³/mol. The minimum atomic E-state index is 0.353. The van der Waals surface area contributed by atoms with Crippen LogP contribution in [-0.4, -0.2) is 0 Å². The average molecular weight is 194 g/mol. The van der Waals surface area contributed by atoms with Crippen LogP contribution >= 0.6 is 12.1 Å². The van der Waals surface area contributed by atoms with Gasteiger partial charge in [0.1, 0.15) is 0 Å².